The van der Waals surface area contributed by atoms with Crippen LogP contribution < -0.4 is 0 Å². The third-order valence-corrected chi connectivity index (χ3v) is 3.11. The van der Waals surface area contributed by atoms with Gasteiger partial charge >= 0.3 is 0 Å². The average Bonchev–Trinajstić information content (AvgIpc) is 2.78. The summed E-state index contributed by atoms with van der Waals surface area (Å²) < 4.78 is 1.99. The minimum atomic E-state index is -0.255. The largest absolute Gasteiger partial charge is 0.392 e. The number of aromatic nitrogens is 2. The first-order valence-corrected chi connectivity index (χ1v) is 4.91. The molecule has 0 saturated heterocycles. The predicted octanol–water partition coefficient (Wildman–Crippen LogP) is 1.32. The van der Waals surface area contributed by atoms with Crippen molar-refractivity contribution in [1.29, 1.82) is 0 Å². The molecule has 0 radical (unpaired) electrons. The van der Waals surface area contributed by atoms with E-state index in [1.54, 1.807) is 0 Å². The van der Waals surface area contributed by atoms with E-state index >= 15 is 0 Å². The quantitative estimate of drug-likeness (QED) is 0.761. The second-order valence-corrected chi connectivity index (χ2v) is 3.86. The molecular weight excluding hydrogens is 164 g/mol. The van der Waals surface area contributed by atoms with Gasteiger partial charge in [0.2, 0.25) is 0 Å². The van der Waals surface area contributed by atoms with Crippen LogP contribution in [0.2, 0.25) is 0 Å². The number of rotatable bonds is 3. The molecule has 1 atom stereocenters. The normalized spacial score (nSPS) is 21.5. The van der Waals surface area contributed by atoms with Gasteiger partial charge in [-0.05, 0) is 32.8 Å². The van der Waals surface area contributed by atoms with Crippen LogP contribution in [0.3, 0.4) is 0 Å². The summed E-state index contributed by atoms with van der Waals surface area (Å²) >= 11 is 0. The second kappa shape index (κ2) is 2.84. The van der Waals surface area contributed by atoms with Crippen LogP contribution >= 0.6 is 0 Å². The van der Waals surface area contributed by atoms with Crippen LogP contribution in [0.1, 0.15) is 32.4 Å². The van der Waals surface area contributed by atoms with Crippen LogP contribution in [-0.2, 0) is 12.0 Å². The summed E-state index contributed by atoms with van der Waals surface area (Å²) in [5.74, 6) is 0. The number of hydrogen-bond acceptors (Lipinski definition) is 2. The van der Waals surface area contributed by atoms with E-state index in [9.17, 15) is 5.11 Å². The first-order valence-electron chi connectivity index (χ1n) is 4.91. The molecule has 1 aliphatic rings. The molecule has 1 unspecified atom stereocenters. The highest BCUT2D eigenvalue weighted by molar-refractivity contribution is 5.26. The zero-order chi connectivity index (χ0) is 9.47. The molecule has 1 heterocycles. The maximum absolute atomic E-state index is 9.69. The summed E-state index contributed by atoms with van der Waals surface area (Å²) in [5, 5.41) is 13.9. The van der Waals surface area contributed by atoms with E-state index < -0.39 is 0 Å². The molecule has 1 fully saturated rings. The maximum atomic E-state index is 9.69. The van der Waals surface area contributed by atoms with Gasteiger partial charge in [0.05, 0.1) is 6.10 Å². The predicted molar refractivity (Wildman–Crippen MR) is 50.5 cm³/mol. The SMILES string of the molecule is CCn1nccc1C1(C(C)O)CC1. The fourth-order valence-corrected chi connectivity index (χ4v) is 2.03. The number of aryl methyl sites for hydroxylation is 1. The minimum Gasteiger partial charge on any atom is -0.392 e. The van der Waals surface area contributed by atoms with Crippen molar-refractivity contribution in [3.8, 4) is 0 Å². The van der Waals surface area contributed by atoms with Crippen LogP contribution in [0, 0.1) is 0 Å². The highest BCUT2D eigenvalue weighted by Gasteiger charge is 2.50. The van der Waals surface area contributed by atoms with Gasteiger partial charge in [0.1, 0.15) is 0 Å². The Bertz CT molecular complexity index is 300. The Balaban J connectivity index is 2.34. The van der Waals surface area contributed by atoms with Gasteiger partial charge in [0.25, 0.3) is 0 Å². The molecule has 3 heteroatoms. The summed E-state index contributed by atoms with van der Waals surface area (Å²) in [7, 11) is 0. The molecule has 0 spiro atoms. The fraction of sp³-hybridized carbons (Fsp3) is 0.700. The Hall–Kier alpha value is -0.830. The summed E-state index contributed by atoms with van der Waals surface area (Å²) in [5.41, 5.74) is 1.22. The van der Waals surface area contributed by atoms with Crippen molar-refractivity contribution >= 4 is 0 Å². The van der Waals surface area contributed by atoms with Crippen LogP contribution in [0.5, 0.6) is 0 Å². The first kappa shape index (κ1) is 8.75. The smallest absolute Gasteiger partial charge is 0.0623 e. The molecule has 0 aromatic carbocycles. The van der Waals surface area contributed by atoms with Crippen LogP contribution in [-0.4, -0.2) is 21.0 Å². The summed E-state index contributed by atoms with van der Waals surface area (Å²) in [6.07, 6.45) is 3.75. The minimum absolute atomic E-state index is 0.0203. The van der Waals surface area contributed by atoms with Gasteiger partial charge in [-0.25, -0.2) is 0 Å². The van der Waals surface area contributed by atoms with E-state index in [2.05, 4.69) is 12.0 Å². The molecule has 3 nitrogen and oxygen atoms in total. The molecule has 0 amide bonds. The van der Waals surface area contributed by atoms with E-state index in [4.69, 9.17) is 0 Å². The molecule has 1 aromatic heterocycles. The van der Waals surface area contributed by atoms with E-state index in [0.717, 1.165) is 19.4 Å². The standard InChI is InChI=1S/C10H16N2O/c1-3-12-9(4-7-11-12)10(5-6-10)8(2)13/h4,7-8,13H,3,5-6H2,1-2H3. The molecule has 13 heavy (non-hydrogen) atoms. The zero-order valence-corrected chi connectivity index (χ0v) is 8.20. The monoisotopic (exact) mass is 180 g/mol. The number of nitrogens with zero attached hydrogens (tertiary/aromatic N) is 2. The molecule has 1 N–H and O–H groups in total. The summed E-state index contributed by atoms with van der Waals surface area (Å²) in [4.78, 5) is 0. The fourth-order valence-electron chi connectivity index (χ4n) is 2.03. The van der Waals surface area contributed by atoms with Gasteiger partial charge in [-0.3, -0.25) is 4.68 Å². The van der Waals surface area contributed by atoms with E-state index in [-0.39, 0.29) is 11.5 Å². The van der Waals surface area contributed by atoms with Gasteiger partial charge in [-0.15, -0.1) is 0 Å². The van der Waals surface area contributed by atoms with Crippen LogP contribution in [0.15, 0.2) is 12.3 Å². The van der Waals surface area contributed by atoms with Crippen LogP contribution in [0.4, 0.5) is 0 Å². The lowest BCUT2D eigenvalue weighted by molar-refractivity contribution is 0.146. The Morgan fingerprint density at radius 1 is 1.69 bits per heavy atom. The highest BCUT2D eigenvalue weighted by atomic mass is 16.3. The van der Waals surface area contributed by atoms with Crippen molar-refractivity contribution in [2.75, 3.05) is 0 Å². The topological polar surface area (TPSA) is 38.0 Å². The van der Waals surface area contributed by atoms with Gasteiger partial charge in [-0.1, -0.05) is 0 Å². The number of aliphatic hydroxyl groups is 1. The molecule has 2 rings (SSSR count). The van der Waals surface area contributed by atoms with Crippen molar-refractivity contribution in [2.24, 2.45) is 0 Å². The summed E-state index contributed by atoms with van der Waals surface area (Å²) in [6.45, 7) is 4.84. The van der Waals surface area contributed by atoms with Gasteiger partial charge in [0.15, 0.2) is 0 Å². The third kappa shape index (κ3) is 1.18. The second-order valence-electron chi connectivity index (χ2n) is 3.86. The van der Waals surface area contributed by atoms with Gasteiger partial charge < -0.3 is 5.11 Å². The molecular formula is C10H16N2O. The zero-order valence-electron chi connectivity index (χ0n) is 8.20. The molecule has 0 bridgehead atoms. The highest BCUT2D eigenvalue weighted by Crippen LogP contribution is 2.50. The number of hydrogen-bond donors (Lipinski definition) is 1. The Labute approximate surface area is 78.4 Å². The van der Waals surface area contributed by atoms with Gasteiger partial charge in [0, 0.05) is 23.9 Å². The van der Waals surface area contributed by atoms with Crippen molar-refractivity contribution < 1.29 is 5.11 Å². The van der Waals surface area contributed by atoms with Crippen LogP contribution in [0.25, 0.3) is 0 Å². The Kier molecular flexibility index (Phi) is 1.91. The lowest BCUT2D eigenvalue weighted by atomic mass is 9.96. The average molecular weight is 180 g/mol. The molecule has 1 saturated carbocycles. The Morgan fingerprint density at radius 3 is 2.85 bits per heavy atom. The lowest BCUT2D eigenvalue weighted by Gasteiger charge is -2.19. The number of aliphatic hydroxyl groups excluding tert-OH is 1. The van der Waals surface area contributed by atoms with Gasteiger partial charge in [-0.2, -0.15) is 5.10 Å². The van der Waals surface area contributed by atoms with Crippen molar-refractivity contribution in [3.63, 3.8) is 0 Å². The van der Waals surface area contributed by atoms with E-state index in [0.29, 0.717) is 0 Å². The lowest BCUT2D eigenvalue weighted by Crippen LogP contribution is -2.25. The van der Waals surface area contributed by atoms with E-state index in [1.807, 2.05) is 23.9 Å². The van der Waals surface area contributed by atoms with Crippen molar-refractivity contribution in [2.45, 2.75) is 44.8 Å². The first-order chi connectivity index (χ1) is 6.20. The van der Waals surface area contributed by atoms with Crippen molar-refractivity contribution in [1.82, 2.24) is 9.78 Å². The van der Waals surface area contributed by atoms with Crippen molar-refractivity contribution in [3.05, 3.63) is 18.0 Å². The molecule has 0 aliphatic heterocycles. The molecule has 72 valence electrons. The third-order valence-electron chi connectivity index (χ3n) is 3.11. The Morgan fingerprint density at radius 2 is 2.38 bits per heavy atom. The van der Waals surface area contributed by atoms with E-state index in [1.165, 1.54) is 5.69 Å². The maximum Gasteiger partial charge on any atom is 0.0623 e. The molecule has 1 aliphatic carbocycles. The molecule has 1 aromatic rings. The summed E-state index contributed by atoms with van der Waals surface area (Å²) in [6, 6.07) is 2.03.